The van der Waals surface area contributed by atoms with Crippen LogP contribution in [-0.4, -0.2) is 24.1 Å². The molecule has 112 valence electrons. The lowest BCUT2D eigenvalue weighted by Crippen LogP contribution is -2.42. The third-order valence-corrected chi connectivity index (χ3v) is 6.11. The number of aryl methyl sites for hydroxylation is 1. The maximum Gasteiger partial charge on any atom is 0.107 e. The first-order valence-electron chi connectivity index (χ1n) is 8.17. The molecule has 3 nitrogen and oxygen atoms in total. The van der Waals surface area contributed by atoms with Gasteiger partial charge in [0.15, 0.2) is 0 Å². The molecule has 3 rings (SSSR count). The van der Waals surface area contributed by atoms with Crippen LogP contribution in [0.4, 0.5) is 0 Å². The van der Waals surface area contributed by atoms with Crippen molar-refractivity contribution in [3.8, 4) is 0 Å². The van der Waals surface area contributed by atoms with Crippen LogP contribution in [0.3, 0.4) is 0 Å². The predicted octanol–water partition coefficient (Wildman–Crippen LogP) is 3.11. The minimum absolute atomic E-state index is 0.681. The maximum atomic E-state index is 4.64. The maximum absolute atomic E-state index is 4.64. The van der Waals surface area contributed by atoms with Gasteiger partial charge in [0.2, 0.25) is 0 Å². The number of rotatable bonds is 4. The van der Waals surface area contributed by atoms with E-state index in [0.717, 1.165) is 13.0 Å². The third kappa shape index (κ3) is 3.41. The molecule has 1 spiro atoms. The SMILES string of the molecule is CCc1csc(CNC2CCC3(CCNCC3)CC2)n1. The van der Waals surface area contributed by atoms with Gasteiger partial charge in [-0.2, -0.15) is 0 Å². The monoisotopic (exact) mass is 293 g/mol. The molecule has 0 atom stereocenters. The summed E-state index contributed by atoms with van der Waals surface area (Å²) in [5.41, 5.74) is 1.92. The molecule has 0 bridgehead atoms. The summed E-state index contributed by atoms with van der Waals surface area (Å²) in [6, 6.07) is 0.712. The third-order valence-electron chi connectivity index (χ3n) is 5.21. The molecule has 2 aliphatic rings. The fourth-order valence-electron chi connectivity index (χ4n) is 3.72. The number of hydrogen-bond acceptors (Lipinski definition) is 4. The average molecular weight is 293 g/mol. The summed E-state index contributed by atoms with van der Waals surface area (Å²) in [5, 5.41) is 10.7. The molecule has 2 heterocycles. The Bertz CT molecular complexity index is 413. The molecule has 2 fully saturated rings. The van der Waals surface area contributed by atoms with Crippen LogP contribution in [0.15, 0.2) is 5.38 Å². The van der Waals surface area contributed by atoms with Crippen molar-refractivity contribution in [1.82, 2.24) is 15.6 Å². The van der Waals surface area contributed by atoms with E-state index >= 15 is 0 Å². The van der Waals surface area contributed by atoms with Gasteiger partial charge in [-0.25, -0.2) is 4.98 Å². The molecule has 20 heavy (non-hydrogen) atoms. The van der Waals surface area contributed by atoms with Gasteiger partial charge in [0.05, 0.1) is 5.69 Å². The smallest absolute Gasteiger partial charge is 0.107 e. The Hall–Kier alpha value is -0.450. The van der Waals surface area contributed by atoms with E-state index in [4.69, 9.17) is 0 Å². The molecule has 0 unspecified atom stereocenters. The number of piperidine rings is 1. The van der Waals surface area contributed by atoms with Gasteiger partial charge in [-0.15, -0.1) is 11.3 Å². The zero-order valence-corrected chi connectivity index (χ0v) is 13.4. The topological polar surface area (TPSA) is 37.0 Å². The fraction of sp³-hybridized carbons (Fsp3) is 0.812. The van der Waals surface area contributed by atoms with Crippen LogP contribution in [-0.2, 0) is 13.0 Å². The number of nitrogens with zero attached hydrogens (tertiary/aromatic N) is 1. The lowest BCUT2D eigenvalue weighted by molar-refractivity contribution is 0.115. The Morgan fingerprint density at radius 1 is 1.30 bits per heavy atom. The Kier molecular flexibility index (Phi) is 4.74. The summed E-state index contributed by atoms with van der Waals surface area (Å²) >= 11 is 1.80. The van der Waals surface area contributed by atoms with Gasteiger partial charge in [-0.1, -0.05) is 6.92 Å². The van der Waals surface area contributed by atoms with Gasteiger partial charge in [0.1, 0.15) is 5.01 Å². The van der Waals surface area contributed by atoms with Crippen LogP contribution < -0.4 is 10.6 Å². The molecule has 0 radical (unpaired) electrons. The van der Waals surface area contributed by atoms with E-state index in [0.29, 0.717) is 11.5 Å². The van der Waals surface area contributed by atoms with Crippen LogP contribution >= 0.6 is 11.3 Å². The second-order valence-electron chi connectivity index (χ2n) is 6.49. The van der Waals surface area contributed by atoms with Crippen molar-refractivity contribution < 1.29 is 0 Å². The Morgan fingerprint density at radius 2 is 2.05 bits per heavy atom. The molecule has 0 aromatic carbocycles. The summed E-state index contributed by atoms with van der Waals surface area (Å²) < 4.78 is 0. The standard InChI is InChI=1S/C16H27N3S/c1-2-13-12-20-15(19-13)11-18-14-3-5-16(6-4-14)7-9-17-10-8-16/h12,14,17-18H,2-11H2,1H3. The summed E-state index contributed by atoms with van der Waals surface area (Å²) in [6.07, 6.45) is 9.39. The highest BCUT2D eigenvalue weighted by Crippen LogP contribution is 2.43. The predicted molar refractivity (Wildman–Crippen MR) is 85.1 cm³/mol. The second-order valence-corrected chi connectivity index (χ2v) is 7.43. The average Bonchev–Trinajstić information content (AvgIpc) is 2.96. The number of thiazole rings is 1. The van der Waals surface area contributed by atoms with E-state index < -0.39 is 0 Å². The molecule has 0 amide bonds. The van der Waals surface area contributed by atoms with E-state index in [2.05, 4.69) is 27.9 Å². The highest BCUT2D eigenvalue weighted by molar-refractivity contribution is 7.09. The van der Waals surface area contributed by atoms with Crippen LogP contribution in [0, 0.1) is 5.41 Å². The summed E-state index contributed by atoms with van der Waals surface area (Å²) in [6.45, 7) is 5.60. The molecular formula is C16H27N3S. The van der Waals surface area contributed by atoms with Crippen molar-refractivity contribution in [2.45, 2.75) is 64.5 Å². The highest BCUT2D eigenvalue weighted by Gasteiger charge is 2.35. The van der Waals surface area contributed by atoms with Crippen LogP contribution in [0.1, 0.15) is 56.2 Å². The van der Waals surface area contributed by atoms with Crippen LogP contribution in [0.5, 0.6) is 0 Å². The molecule has 4 heteroatoms. The molecule has 1 aromatic rings. The van der Waals surface area contributed by atoms with E-state index in [9.17, 15) is 0 Å². The fourth-order valence-corrected chi connectivity index (χ4v) is 4.54. The minimum Gasteiger partial charge on any atom is -0.317 e. The summed E-state index contributed by atoms with van der Waals surface area (Å²) in [7, 11) is 0. The Labute approximate surface area is 126 Å². The van der Waals surface area contributed by atoms with Gasteiger partial charge in [0.25, 0.3) is 0 Å². The zero-order chi connectivity index (χ0) is 13.8. The normalized spacial score (nSPS) is 23.2. The van der Waals surface area contributed by atoms with Crippen molar-refractivity contribution in [3.63, 3.8) is 0 Å². The Morgan fingerprint density at radius 3 is 2.70 bits per heavy atom. The first-order valence-corrected chi connectivity index (χ1v) is 9.05. The van der Waals surface area contributed by atoms with Crippen molar-refractivity contribution >= 4 is 11.3 Å². The van der Waals surface area contributed by atoms with Gasteiger partial charge >= 0.3 is 0 Å². The zero-order valence-electron chi connectivity index (χ0n) is 12.6. The van der Waals surface area contributed by atoms with Crippen molar-refractivity contribution in [2.24, 2.45) is 5.41 Å². The molecule has 1 aliphatic heterocycles. The first kappa shape index (κ1) is 14.5. The van der Waals surface area contributed by atoms with Gasteiger partial charge < -0.3 is 10.6 Å². The van der Waals surface area contributed by atoms with Crippen molar-refractivity contribution in [1.29, 1.82) is 0 Å². The Balaban J connectivity index is 1.44. The largest absolute Gasteiger partial charge is 0.317 e. The second kappa shape index (κ2) is 6.54. The molecule has 2 N–H and O–H groups in total. The lowest BCUT2D eigenvalue weighted by atomic mass is 9.67. The van der Waals surface area contributed by atoms with E-state index in [-0.39, 0.29) is 0 Å². The van der Waals surface area contributed by atoms with Gasteiger partial charge in [-0.05, 0) is 63.5 Å². The van der Waals surface area contributed by atoms with E-state index in [1.165, 1.54) is 62.3 Å². The quantitative estimate of drug-likeness (QED) is 0.895. The highest BCUT2D eigenvalue weighted by atomic mass is 32.1. The van der Waals surface area contributed by atoms with Crippen LogP contribution in [0.25, 0.3) is 0 Å². The number of hydrogen-bond donors (Lipinski definition) is 2. The van der Waals surface area contributed by atoms with E-state index in [1.807, 2.05) is 0 Å². The van der Waals surface area contributed by atoms with Crippen molar-refractivity contribution in [3.05, 3.63) is 16.1 Å². The molecule has 1 saturated carbocycles. The summed E-state index contributed by atoms with van der Waals surface area (Å²) in [5.74, 6) is 0. The van der Waals surface area contributed by atoms with Crippen molar-refractivity contribution in [2.75, 3.05) is 13.1 Å². The van der Waals surface area contributed by atoms with Crippen LogP contribution in [0.2, 0.25) is 0 Å². The molecular weight excluding hydrogens is 266 g/mol. The molecule has 1 aromatic heterocycles. The lowest BCUT2D eigenvalue weighted by Gasteiger charge is -2.43. The molecule has 1 aliphatic carbocycles. The van der Waals surface area contributed by atoms with Gasteiger partial charge in [-0.3, -0.25) is 0 Å². The first-order chi connectivity index (χ1) is 9.80. The van der Waals surface area contributed by atoms with Gasteiger partial charge in [0, 0.05) is 18.0 Å². The van der Waals surface area contributed by atoms with E-state index in [1.54, 1.807) is 11.3 Å². The minimum atomic E-state index is 0.681. The number of aromatic nitrogens is 1. The number of nitrogens with one attached hydrogen (secondary N) is 2. The molecule has 1 saturated heterocycles. The summed E-state index contributed by atoms with van der Waals surface area (Å²) in [4.78, 5) is 4.64.